The van der Waals surface area contributed by atoms with Crippen molar-refractivity contribution in [1.82, 2.24) is 5.32 Å². The average Bonchev–Trinajstić information content (AvgIpc) is 2.39. The molecule has 5 nitrogen and oxygen atoms in total. The van der Waals surface area contributed by atoms with Gasteiger partial charge in [-0.25, -0.2) is 9.18 Å². The minimum absolute atomic E-state index is 0.00954. The van der Waals surface area contributed by atoms with Crippen LogP contribution in [0.1, 0.15) is 37.0 Å². The number of anilines is 1. The molecule has 0 bridgehead atoms. The molecule has 0 heterocycles. The molecule has 3 N–H and O–H groups in total. The summed E-state index contributed by atoms with van der Waals surface area (Å²) in [5.41, 5.74) is 5.44. The third kappa shape index (κ3) is 4.87. The molecule has 0 fully saturated rings. The molecule has 1 amide bonds. The molecule has 0 aliphatic carbocycles. The average molecular weight is 282 g/mol. The predicted molar refractivity (Wildman–Crippen MR) is 73.6 cm³/mol. The molecule has 6 heteroatoms. The summed E-state index contributed by atoms with van der Waals surface area (Å²) in [5.74, 6) is -2.05. The van der Waals surface area contributed by atoms with E-state index in [0.29, 0.717) is 0 Å². The number of ether oxygens (including phenoxy) is 1. The van der Waals surface area contributed by atoms with Gasteiger partial charge in [0.15, 0.2) is 6.61 Å². The number of esters is 1. The van der Waals surface area contributed by atoms with Gasteiger partial charge in [0.25, 0.3) is 5.91 Å². The molecule has 0 saturated heterocycles. The number of amides is 1. The van der Waals surface area contributed by atoms with Gasteiger partial charge in [0.2, 0.25) is 0 Å². The van der Waals surface area contributed by atoms with Crippen molar-refractivity contribution < 1.29 is 18.7 Å². The molecule has 0 radical (unpaired) electrons. The van der Waals surface area contributed by atoms with Crippen LogP contribution in [0.2, 0.25) is 0 Å². The van der Waals surface area contributed by atoms with Crippen LogP contribution in [0.4, 0.5) is 10.1 Å². The number of nitrogen functional groups attached to an aromatic ring is 1. The van der Waals surface area contributed by atoms with E-state index in [2.05, 4.69) is 5.32 Å². The monoisotopic (exact) mass is 282 g/mol. The van der Waals surface area contributed by atoms with Crippen molar-refractivity contribution in [2.75, 3.05) is 12.3 Å². The van der Waals surface area contributed by atoms with Crippen LogP contribution in [0, 0.1) is 5.82 Å². The maximum atomic E-state index is 13.4. The van der Waals surface area contributed by atoms with Crippen molar-refractivity contribution in [2.45, 2.75) is 32.7 Å². The highest BCUT2D eigenvalue weighted by molar-refractivity contribution is 5.92. The molecule has 110 valence electrons. The van der Waals surface area contributed by atoms with Crippen LogP contribution >= 0.6 is 0 Å². The summed E-state index contributed by atoms with van der Waals surface area (Å²) in [4.78, 5) is 23.1. The molecule has 1 unspecified atom stereocenters. The zero-order valence-electron chi connectivity index (χ0n) is 11.6. The van der Waals surface area contributed by atoms with E-state index in [-0.39, 0.29) is 17.3 Å². The highest BCUT2D eigenvalue weighted by atomic mass is 19.1. The van der Waals surface area contributed by atoms with Crippen LogP contribution < -0.4 is 11.1 Å². The molecule has 0 aromatic heterocycles. The SMILES string of the molecule is CCCC(C)NC(=O)COC(=O)c1cc(N)ccc1F. The summed E-state index contributed by atoms with van der Waals surface area (Å²) in [6.07, 6.45) is 1.78. The standard InChI is InChI=1S/C14H19FN2O3/c1-3-4-9(2)17-13(18)8-20-14(19)11-7-10(16)5-6-12(11)15/h5-7,9H,3-4,8,16H2,1-2H3,(H,17,18). The molecule has 1 atom stereocenters. The van der Waals surface area contributed by atoms with Crippen molar-refractivity contribution in [3.63, 3.8) is 0 Å². The molecule has 0 spiro atoms. The van der Waals surface area contributed by atoms with Crippen molar-refractivity contribution in [3.8, 4) is 0 Å². The zero-order chi connectivity index (χ0) is 15.1. The second-order valence-electron chi connectivity index (χ2n) is 4.57. The fraction of sp³-hybridized carbons (Fsp3) is 0.429. The first-order valence-corrected chi connectivity index (χ1v) is 6.45. The van der Waals surface area contributed by atoms with Crippen LogP contribution in [0.25, 0.3) is 0 Å². The highest BCUT2D eigenvalue weighted by Crippen LogP contribution is 2.13. The lowest BCUT2D eigenvalue weighted by molar-refractivity contribution is -0.124. The Hall–Kier alpha value is -2.11. The second kappa shape index (κ2) is 7.47. The normalized spacial score (nSPS) is 11.8. The molecule has 0 saturated carbocycles. The number of nitrogens with two attached hydrogens (primary N) is 1. The van der Waals surface area contributed by atoms with Gasteiger partial charge in [-0.05, 0) is 31.5 Å². The summed E-state index contributed by atoms with van der Waals surface area (Å²) in [5, 5.41) is 2.68. The Morgan fingerprint density at radius 1 is 1.45 bits per heavy atom. The summed E-state index contributed by atoms with van der Waals surface area (Å²) in [6.45, 7) is 3.42. The lowest BCUT2D eigenvalue weighted by atomic mass is 10.2. The van der Waals surface area contributed by atoms with Crippen molar-refractivity contribution in [1.29, 1.82) is 0 Å². The zero-order valence-corrected chi connectivity index (χ0v) is 11.6. The van der Waals surface area contributed by atoms with Gasteiger partial charge in [-0.3, -0.25) is 4.79 Å². The van der Waals surface area contributed by atoms with Crippen LogP contribution in [0.3, 0.4) is 0 Å². The fourth-order valence-electron chi connectivity index (χ4n) is 1.73. The van der Waals surface area contributed by atoms with Crippen LogP contribution in [-0.2, 0) is 9.53 Å². The number of halogens is 1. The molecular weight excluding hydrogens is 263 g/mol. The number of carbonyl (C=O) groups is 2. The Morgan fingerprint density at radius 2 is 2.15 bits per heavy atom. The van der Waals surface area contributed by atoms with Gasteiger partial charge in [0.1, 0.15) is 5.82 Å². The molecule has 0 aliphatic rings. The smallest absolute Gasteiger partial charge is 0.341 e. The molecule has 20 heavy (non-hydrogen) atoms. The van der Waals surface area contributed by atoms with Crippen LogP contribution in [0.5, 0.6) is 0 Å². The Bertz CT molecular complexity index is 491. The lowest BCUT2D eigenvalue weighted by Gasteiger charge is -2.12. The number of nitrogens with one attached hydrogen (secondary N) is 1. The predicted octanol–water partition coefficient (Wildman–Crippen LogP) is 1.87. The van der Waals surface area contributed by atoms with E-state index in [9.17, 15) is 14.0 Å². The Labute approximate surface area is 117 Å². The number of hydrogen-bond donors (Lipinski definition) is 2. The summed E-state index contributed by atoms with van der Waals surface area (Å²) < 4.78 is 18.2. The van der Waals surface area contributed by atoms with E-state index in [1.807, 2.05) is 13.8 Å². The quantitative estimate of drug-likeness (QED) is 0.616. The largest absolute Gasteiger partial charge is 0.452 e. The lowest BCUT2D eigenvalue weighted by Crippen LogP contribution is -2.35. The number of carbonyl (C=O) groups excluding carboxylic acids is 2. The van der Waals surface area contributed by atoms with Gasteiger partial charge in [0.05, 0.1) is 5.56 Å². The van der Waals surface area contributed by atoms with E-state index in [4.69, 9.17) is 10.5 Å². The van der Waals surface area contributed by atoms with Crippen molar-refractivity contribution in [2.24, 2.45) is 0 Å². The first-order chi connectivity index (χ1) is 9.43. The second-order valence-corrected chi connectivity index (χ2v) is 4.57. The van der Waals surface area contributed by atoms with Gasteiger partial charge >= 0.3 is 5.97 Å². The van der Waals surface area contributed by atoms with E-state index in [1.165, 1.54) is 12.1 Å². The topological polar surface area (TPSA) is 81.4 Å². The Balaban J connectivity index is 2.51. The maximum Gasteiger partial charge on any atom is 0.341 e. The van der Waals surface area contributed by atoms with Crippen molar-refractivity contribution in [3.05, 3.63) is 29.6 Å². The van der Waals surface area contributed by atoms with Crippen LogP contribution in [0.15, 0.2) is 18.2 Å². The third-order valence-electron chi connectivity index (χ3n) is 2.67. The minimum atomic E-state index is -0.909. The summed E-state index contributed by atoms with van der Waals surface area (Å²) >= 11 is 0. The fourth-order valence-corrected chi connectivity index (χ4v) is 1.73. The van der Waals surface area contributed by atoms with Crippen LogP contribution in [-0.4, -0.2) is 24.5 Å². The summed E-state index contributed by atoms with van der Waals surface area (Å²) in [7, 11) is 0. The van der Waals surface area contributed by atoms with E-state index < -0.39 is 24.3 Å². The summed E-state index contributed by atoms with van der Waals surface area (Å²) in [6, 6.07) is 3.60. The maximum absolute atomic E-state index is 13.4. The first kappa shape index (κ1) is 15.9. The third-order valence-corrected chi connectivity index (χ3v) is 2.67. The van der Waals surface area contributed by atoms with E-state index >= 15 is 0 Å². The molecule has 1 aromatic carbocycles. The molecular formula is C14H19FN2O3. The van der Waals surface area contributed by atoms with Gasteiger partial charge < -0.3 is 15.8 Å². The minimum Gasteiger partial charge on any atom is -0.452 e. The molecule has 0 aliphatic heterocycles. The van der Waals surface area contributed by atoms with E-state index in [0.717, 1.165) is 18.9 Å². The first-order valence-electron chi connectivity index (χ1n) is 6.45. The van der Waals surface area contributed by atoms with Gasteiger partial charge in [-0.1, -0.05) is 13.3 Å². The number of benzene rings is 1. The Kier molecular flexibility index (Phi) is 5.96. The number of rotatable bonds is 6. The molecule has 1 aromatic rings. The van der Waals surface area contributed by atoms with E-state index in [1.54, 1.807) is 0 Å². The molecule has 1 rings (SSSR count). The van der Waals surface area contributed by atoms with Gasteiger partial charge in [-0.15, -0.1) is 0 Å². The van der Waals surface area contributed by atoms with Crippen molar-refractivity contribution >= 4 is 17.6 Å². The van der Waals surface area contributed by atoms with Gasteiger partial charge in [0, 0.05) is 11.7 Å². The number of hydrogen-bond acceptors (Lipinski definition) is 4. The Morgan fingerprint density at radius 3 is 2.80 bits per heavy atom. The highest BCUT2D eigenvalue weighted by Gasteiger charge is 2.15. The van der Waals surface area contributed by atoms with Gasteiger partial charge in [-0.2, -0.15) is 0 Å².